The topological polar surface area (TPSA) is 99.5 Å². The molecule has 0 unspecified atom stereocenters. The Bertz CT molecular complexity index is 1210. The summed E-state index contributed by atoms with van der Waals surface area (Å²) in [5.41, 5.74) is 1.21. The van der Waals surface area contributed by atoms with E-state index in [1.165, 1.54) is 0 Å². The van der Waals surface area contributed by atoms with Crippen molar-refractivity contribution in [3.8, 4) is 11.4 Å². The molecule has 0 bridgehead atoms. The van der Waals surface area contributed by atoms with E-state index in [9.17, 15) is 14.4 Å². The number of amides is 1. The van der Waals surface area contributed by atoms with Gasteiger partial charge in [0.15, 0.2) is 12.4 Å². The third-order valence-corrected chi connectivity index (χ3v) is 4.99. The molecule has 0 aliphatic carbocycles. The number of ether oxygens (including phenoxy) is 2. The van der Waals surface area contributed by atoms with Crippen LogP contribution in [0.3, 0.4) is 0 Å². The van der Waals surface area contributed by atoms with Gasteiger partial charge in [0.2, 0.25) is 5.69 Å². The SMILES string of the molecule is CCOC(=O)c1nn(-c2ccccc2Cl)c(=O)cc1OCC(=O)Nc1ccc(C(C)C)cc1. The van der Waals surface area contributed by atoms with Crippen LogP contribution in [0.2, 0.25) is 5.02 Å². The molecule has 3 rings (SSSR count). The monoisotopic (exact) mass is 469 g/mol. The number of para-hydroxylation sites is 1. The minimum atomic E-state index is -0.794. The molecule has 0 saturated carbocycles. The second-order valence-electron chi connectivity index (χ2n) is 7.39. The van der Waals surface area contributed by atoms with Gasteiger partial charge in [0.25, 0.3) is 11.5 Å². The van der Waals surface area contributed by atoms with Gasteiger partial charge in [0, 0.05) is 5.69 Å². The zero-order valence-corrected chi connectivity index (χ0v) is 19.3. The fourth-order valence-corrected chi connectivity index (χ4v) is 3.19. The van der Waals surface area contributed by atoms with Crippen molar-refractivity contribution in [2.75, 3.05) is 18.5 Å². The van der Waals surface area contributed by atoms with Crippen LogP contribution in [0, 0.1) is 0 Å². The van der Waals surface area contributed by atoms with Gasteiger partial charge in [0.1, 0.15) is 0 Å². The molecule has 0 radical (unpaired) electrons. The first-order valence-corrected chi connectivity index (χ1v) is 10.8. The molecule has 0 fully saturated rings. The van der Waals surface area contributed by atoms with Gasteiger partial charge in [-0.3, -0.25) is 9.59 Å². The number of rotatable bonds is 8. The van der Waals surface area contributed by atoms with Crippen molar-refractivity contribution in [3.63, 3.8) is 0 Å². The number of carbonyl (C=O) groups is 2. The van der Waals surface area contributed by atoms with Gasteiger partial charge in [-0.15, -0.1) is 0 Å². The molecule has 0 spiro atoms. The molecule has 172 valence electrons. The van der Waals surface area contributed by atoms with Crippen molar-refractivity contribution in [1.82, 2.24) is 9.78 Å². The normalized spacial score (nSPS) is 10.7. The quantitative estimate of drug-likeness (QED) is 0.496. The van der Waals surface area contributed by atoms with Crippen LogP contribution < -0.4 is 15.6 Å². The number of hydrogen-bond acceptors (Lipinski definition) is 6. The maximum atomic E-state index is 12.7. The van der Waals surface area contributed by atoms with E-state index >= 15 is 0 Å². The van der Waals surface area contributed by atoms with E-state index in [4.69, 9.17) is 21.1 Å². The molecule has 1 heterocycles. The summed E-state index contributed by atoms with van der Waals surface area (Å²) < 4.78 is 11.5. The number of esters is 1. The van der Waals surface area contributed by atoms with E-state index < -0.39 is 24.0 Å². The number of nitrogens with one attached hydrogen (secondary N) is 1. The molecule has 9 heteroatoms. The minimum absolute atomic E-state index is 0.0953. The smallest absolute Gasteiger partial charge is 0.362 e. The highest BCUT2D eigenvalue weighted by atomic mass is 35.5. The van der Waals surface area contributed by atoms with Crippen LogP contribution in [-0.4, -0.2) is 34.9 Å². The lowest BCUT2D eigenvalue weighted by molar-refractivity contribution is -0.118. The zero-order valence-electron chi connectivity index (χ0n) is 18.5. The number of benzene rings is 2. The van der Waals surface area contributed by atoms with Gasteiger partial charge >= 0.3 is 5.97 Å². The largest absolute Gasteiger partial charge is 0.481 e. The average Bonchev–Trinajstić information content (AvgIpc) is 2.79. The molecule has 0 saturated heterocycles. The van der Waals surface area contributed by atoms with E-state index in [-0.39, 0.29) is 23.1 Å². The molecule has 2 aromatic carbocycles. The van der Waals surface area contributed by atoms with Crippen molar-refractivity contribution < 1.29 is 19.1 Å². The maximum Gasteiger partial charge on any atom is 0.362 e. The first kappa shape index (κ1) is 24.0. The predicted octanol–water partition coefficient (Wildman–Crippen LogP) is 4.20. The molecule has 0 aliphatic rings. The van der Waals surface area contributed by atoms with Gasteiger partial charge in [-0.25, -0.2) is 4.79 Å². The minimum Gasteiger partial charge on any atom is -0.481 e. The van der Waals surface area contributed by atoms with Crippen LogP contribution in [0.5, 0.6) is 5.75 Å². The van der Waals surface area contributed by atoms with Gasteiger partial charge in [-0.1, -0.05) is 49.7 Å². The van der Waals surface area contributed by atoms with E-state index in [0.29, 0.717) is 17.3 Å². The van der Waals surface area contributed by atoms with Crippen molar-refractivity contribution in [1.29, 1.82) is 0 Å². The number of hydrogen-bond donors (Lipinski definition) is 1. The second kappa shape index (κ2) is 10.8. The van der Waals surface area contributed by atoms with Crippen molar-refractivity contribution in [2.45, 2.75) is 26.7 Å². The summed E-state index contributed by atoms with van der Waals surface area (Å²) in [7, 11) is 0. The lowest BCUT2D eigenvalue weighted by atomic mass is 10.0. The lowest BCUT2D eigenvalue weighted by Crippen LogP contribution is -2.27. The Morgan fingerprint density at radius 1 is 1.12 bits per heavy atom. The Morgan fingerprint density at radius 2 is 1.82 bits per heavy atom. The predicted molar refractivity (Wildman–Crippen MR) is 125 cm³/mol. The number of halogens is 1. The first-order valence-electron chi connectivity index (χ1n) is 10.4. The Labute approximate surface area is 196 Å². The molecular weight excluding hydrogens is 446 g/mol. The first-order chi connectivity index (χ1) is 15.8. The maximum absolute atomic E-state index is 12.7. The summed E-state index contributed by atoms with van der Waals surface area (Å²) in [5.74, 6) is -1.04. The summed E-state index contributed by atoms with van der Waals surface area (Å²) in [6.45, 7) is 5.46. The van der Waals surface area contributed by atoms with Gasteiger partial charge in [-0.05, 0) is 42.7 Å². The van der Waals surface area contributed by atoms with Crippen LogP contribution >= 0.6 is 11.6 Å². The highest BCUT2D eigenvalue weighted by Crippen LogP contribution is 2.21. The molecule has 1 amide bonds. The number of nitrogens with zero attached hydrogens (tertiary/aromatic N) is 2. The summed E-state index contributed by atoms with van der Waals surface area (Å²) in [6.07, 6.45) is 0. The Morgan fingerprint density at radius 3 is 2.45 bits per heavy atom. The molecule has 0 aliphatic heterocycles. The molecule has 3 aromatic rings. The van der Waals surface area contributed by atoms with Gasteiger partial charge in [-0.2, -0.15) is 9.78 Å². The fraction of sp³-hybridized carbons (Fsp3) is 0.250. The Hall–Kier alpha value is -3.65. The summed E-state index contributed by atoms with van der Waals surface area (Å²) in [6, 6.07) is 15.1. The van der Waals surface area contributed by atoms with Crippen LogP contribution in [0.15, 0.2) is 59.4 Å². The van der Waals surface area contributed by atoms with Crippen LogP contribution in [0.1, 0.15) is 42.7 Å². The fourth-order valence-electron chi connectivity index (χ4n) is 2.98. The lowest BCUT2D eigenvalue weighted by Gasteiger charge is -2.13. The van der Waals surface area contributed by atoms with Crippen LogP contribution in [0.4, 0.5) is 5.69 Å². The van der Waals surface area contributed by atoms with Crippen molar-refractivity contribution in [3.05, 3.63) is 81.2 Å². The summed E-state index contributed by atoms with van der Waals surface area (Å²) in [5, 5.41) is 7.08. The molecule has 33 heavy (non-hydrogen) atoms. The third kappa shape index (κ3) is 5.98. The molecule has 0 atom stereocenters. The van der Waals surface area contributed by atoms with E-state index in [0.717, 1.165) is 16.3 Å². The Kier molecular flexibility index (Phi) is 7.84. The highest BCUT2D eigenvalue weighted by molar-refractivity contribution is 6.32. The van der Waals surface area contributed by atoms with Crippen LogP contribution in [0.25, 0.3) is 5.69 Å². The molecule has 8 nitrogen and oxygen atoms in total. The third-order valence-electron chi connectivity index (χ3n) is 4.67. The number of aromatic nitrogens is 2. The van der Waals surface area contributed by atoms with Crippen molar-refractivity contribution >= 4 is 29.2 Å². The average molecular weight is 470 g/mol. The van der Waals surface area contributed by atoms with E-state index in [2.05, 4.69) is 24.3 Å². The van der Waals surface area contributed by atoms with E-state index in [1.54, 1.807) is 43.3 Å². The molecule has 1 N–H and O–H groups in total. The summed E-state index contributed by atoms with van der Waals surface area (Å²) >= 11 is 6.17. The standard InChI is InChI=1S/C24H24ClN3O5/c1-4-32-24(31)23-20(13-22(30)28(27-23)19-8-6-5-7-18(19)25)33-14-21(29)26-17-11-9-16(10-12-17)15(2)3/h5-13,15H,4,14H2,1-3H3,(H,26,29). The number of carbonyl (C=O) groups excluding carboxylic acids is 2. The van der Waals surface area contributed by atoms with Crippen LogP contribution in [-0.2, 0) is 9.53 Å². The zero-order chi connectivity index (χ0) is 24.0. The summed E-state index contributed by atoms with van der Waals surface area (Å²) in [4.78, 5) is 37.5. The van der Waals surface area contributed by atoms with Gasteiger partial charge in [0.05, 0.1) is 23.4 Å². The van der Waals surface area contributed by atoms with Gasteiger partial charge < -0.3 is 14.8 Å². The highest BCUT2D eigenvalue weighted by Gasteiger charge is 2.21. The second-order valence-corrected chi connectivity index (χ2v) is 7.80. The molecule has 1 aromatic heterocycles. The van der Waals surface area contributed by atoms with E-state index in [1.807, 2.05) is 12.1 Å². The molecular formula is C24H24ClN3O5. The van der Waals surface area contributed by atoms with Crippen molar-refractivity contribution in [2.24, 2.45) is 0 Å². The Balaban J connectivity index is 1.82. The number of anilines is 1.